The van der Waals surface area contributed by atoms with Gasteiger partial charge in [0.15, 0.2) is 0 Å². The summed E-state index contributed by atoms with van der Waals surface area (Å²) in [5.41, 5.74) is 1.21. The van der Waals surface area contributed by atoms with Gasteiger partial charge in [-0.3, -0.25) is 9.59 Å². The van der Waals surface area contributed by atoms with Crippen LogP contribution in [0.5, 0.6) is 5.75 Å². The minimum Gasteiger partial charge on any atom is -0.494 e. The molecule has 0 saturated carbocycles. The van der Waals surface area contributed by atoms with Crippen molar-refractivity contribution in [2.45, 2.75) is 24.7 Å². The zero-order valence-corrected chi connectivity index (χ0v) is 16.9. The minimum absolute atomic E-state index is 0.0294. The highest BCUT2D eigenvalue weighted by Crippen LogP contribution is 2.23. The Labute approximate surface area is 169 Å². The highest BCUT2D eigenvalue weighted by atomic mass is 32.2. The highest BCUT2D eigenvalue weighted by molar-refractivity contribution is 7.89. The molecule has 2 amide bonds. The van der Waals surface area contributed by atoms with Crippen molar-refractivity contribution >= 4 is 33.2 Å². The van der Waals surface area contributed by atoms with E-state index < -0.39 is 22.5 Å². The van der Waals surface area contributed by atoms with Crippen LogP contribution in [0, 0.1) is 0 Å². The fourth-order valence-electron chi connectivity index (χ4n) is 2.98. The van der Waals surface area contributed by atoms with Gasteiger partial charge in [0.2, 0.25) is 21.8 Å². The summed E-state index contributed by atoms with van der Waals surface area (Å²) in [4.78, 5) is 25.5. The summed E-state index contributed by atoms with van der Waals surface area (Å²) >= 11 is 0. The average molecular weight is 417 g/mol. The third-order valence-corrected chi connectivity index (χ3v) is 5.82. The number of ether oxygens (including phenoxy) is 1. The van der Waals surface area contributed by atoms with Crippen LogP contribution in [-0.4, -0.2) is 39.9 Å². The van der Waals surface area contributed by atoms with E-state index in [9.17, 15) is 18.0 Å². The summed E-state index contributed by atoms with van der Waals surface area (Å²) in [6.45, 7) is 2.65. The van der Waals surface area contributed by atoms with Gasteiger partial charge < -0.3 is 15.0 Å². The van der Waals surface area contributed by atoms with Crippen LogP contribution in [0.3, 0.4) is 0 Å². The van der Waals surface area contributed by atoms with Gasteiger partial charge in [-0.25, -0.2) is 13.1 Å². The molecule has 0 radical (unpaired) electrons. The summed E-state index contributed by atoms with van der Waals surface area (Å²) in [5, 5.41) is 2.62. The lowest BCUT2D eigenvalue weighted by atomic mass is 10.3. The molecule has 2 aromatic rings. The largest absolute Gasteiger partial charge is 0.494 e. The normalized spacial score (nSPS) is 14.1. The van der Waals surface area contributed by atoms with Gasteiger partial charge in [0, 0.05) is 24.3 Å². The van der Waals surface area contributed by atoms with E-state index in [1.54, 1.807) is 41.3 Å². The maximum Gasteiger partial charge on any atom is 0.241 e. The van der Waals surface area contributed by atoms with Gasteiger partial charge in [-0.05, 0) is 61.9 Å². The molecule has 1 saturated heterocycles. The lowest BCUT2D eigenvalue weighted by molar-refractivity contribution is -0.117. The summed E-state index contributed by atoms with van der Waals surface area (Å²) in [5.74, 6) is 0.229. The second-order valence-electron chi connectivity index (χ2n) is 6.47. The first-order valence-corrected chi connectivity index (χ1v) is 10.8. The van der Waals surface area contributed by atoms with E-state index in [1.165, 1.54) is 12.1 Å². The van der Waals surface area contributed by atoms with E-state index >= 15 is 0 Å². The number of anilines is 2. The Bertz CT molecular complexity index is 972. The number of nitrogens with zero attached hydrogens (tertiary/aromatic N) is 1. The summed E-state index contributed by atoms with van der Waals surface area (Å²) in [6, 6.07) is 12.8. The highest BCUT2D eigenvalue weighted by Gasteiger charge is 2.22. The number of carbonyl (C=O) groups is 2. The fraction of sp³-hybridized carbons (Fsp3) is 0.300. The lowest BCUT2D eigenvalue weighted by Gasteiger charge is -2.16. The molecule has 0 bridgehead atoms. The Hall–Kier alpha value is -2.91. The molecule has 3 rings (SSSR count). The minimum atomic E-state index is -3.85. The number of hydrogen-bond donors (Lipinski definition) is 2. The van der Waals surface area contributed by atoms with Gasteiger partial charge in [0.1, 0.15) is 5.75 Å². The Balaban J connectivity index is 1.56. The summed E-state index contributed by atoms with van der Waals surface area (Å²) in [7, 11) is -3.85. The van der Waals surface area contributed by atoms with E-state index in [0.29, 0.717) is 36.7 Å². The quantitative estimate of drug-likeness (QED) is 0.685. The standard InChI is InChI=1S/C20H23N3O5S/c1-2-28-17-9-5-15(6-10-17)22-19(24)14-21-29(26,27)18-11-7-16(8-12-18)23-13-3-4-20(23)25/h5-12,21H,2-4,13-14H2,1H3,(H,22,24). The molecule has 8 nitrogen and oxygen atoms in total. The number of amides is 2. The van der Waals surface area contributed by atoms with Gasteiger partial charge in [-0.15, -0.1) is 0 Å². The molecule has 0 unspecified atom stereocenters. The van der Waals surface area contributed by atoms with Crippen molar-refractivity contribution in [2.75, 3.05) is 29.9 Å². The molecule has 29 heavy (non-hydrogen) atoms. The number of hydrogen-bond acceptors (Lipinski definition) is 5. The topological polar surface area (TPSA) is 105 Å². The summed E-state index contributed by atoms with van der Waals surface area (Å²) in [6.07, 6.45) is 1.30. The Morgan fingerprint density at radius 1 is 1.10 bits per heavy atom. The van der Waals surface area contributed by atoms with Gasteiger partial charge >= 0.3 is 0 Å². The molecular formula is C20H23N3O5S. The molecule has 1 fully saturated rings. The van der Waals surface area contributed by atoms with E-state index in [0.717, 1.165) is 6.42 Å². The molecule has 9 heteroatoms. The first kappa shape index (κ1) is 20.8. The average Bonchev–Trinajstić information content (AvgIpc) is 3.14. The van der Waals surface area contributed by atoms with Crippen LogP contribution in [0.15, 0.2) is 53.4 Å². The second kappa shape index (κ2) is 9.06. The van der Waals surface area contributed by atoms with Crippen molar-refractivity contribution in [1.82, 2.24) is 4.72 Å². The van der Waals surface area contributed by atoms with Crippen molar-refractivity contribution in [2.24, 2.45) is 0 Å². The molecule has 0 atom stereocenters. The van der Waals surface area contributed by atoms with E-state index in [1.807, 2.05) is 6.92 Å². The third kappa shape index (κ3) is 5.33. The first-order chi connectivity index (χ1) is 13.9. The predicted octanol–water partition coefficient (Wildman–Crippen LogP) is 2.13. The van der Waals surface area contributed by atoms with Crippen molar-refractivity contribution in [3.8, 4) is 5.75 Å². The van der Waals surface area contributed by atoms with Crippen molar-refractivity contribution < 1.29 is 22.7 Å². The van der Waals surface area contributed by atoms with Gasteiger partial charge in [-0.1, -0.05) is 0 Å². The van der Waals surface area contributed by atoms with Crippen molar-refractivity contribution in [3.63, 3.8) is 0 Å². The maximum absolute atomic E-state index is 12.4. The van der Waals surface area contributed by atoms with Crippen LogP contribution in [-0.2, 0) is 19.6 Å². The number of rotatable bonds is 8. The summed E-state index contributed by atoms with van der Waals surface area (Å²) < 4.78 is 32.4. The second-order valence-corrected chi connectivity index (χ2v) is 8.24. The van der Waals surface area contributed by atoms with E-state index in [-0.39, 0.29) is 10.8 Å². The zero-order chi connectivity index (χ0) is 20.9. The number of nitrogens with one attached hydrogen (secondary N) is 2. The molecule has 0 aromatic heterocycles. The molecule has 1 heterocycles. The van der Waals surface area contributed by atoms with E-state index in [2.05, 4.69) is 10.0 Å². The van der Waals surface area contributed by atoms with Crippen LogP contribution in [0.1, 0.15) is 19.8 Å². The zero-order valence-electron chi connectivity index (χ0n) is 16.1. The lowest BCUT2D eigenvalue weighted by Crippen LogP contribution is -2.33. The molecule has 2 N–H and O–H groups in total. The third-order valence-electron chi connectivity index (χ3n) is 4.40. The van der Waals surface area contributed by atoms with Crippen molar-refractivity contribution in [3.05, 3.63) is 48.5 Å². The first-order valence-electron chi connectivity index (χ1n) is 9.32. The van der Waals surface area contributed by atoms with Crippen LogP contribution in [0.25, 0.3) is 0 Å². The van der Waals surface area contributed by atoms with Gasteiger partial charge in [0.25, 0.3) is 0 Å². The van der Waals surface area contributed by atoms with Gasteiger partial charge in [0.05, 0.1) is 18.0 Å². The molecule has 1 aliphatic heterocycles. The van der Waals surface area contributed by atoms with Crippen LogP contribution in [0.2, 0.25) is 0 Å². The fourth-order valence-corrected chi connectivity index (χ4v) is 3.96. The number of sulfonamides is 1. The monoisotopic (exact) mass is 417 g/mol. The van der Waals surface area contributed by atoms with Crippen LogP contribution in [0.4, 0.5) is 11.4 Å². The Kier molecular flexibility index (Phi) is 6.50. The molecule has 0 aliphatic carbocycles. The smallest absolute Gasteiger partial charge is 0.241 e. The maximum atomic E-state index is 12.4. The molecule has 2 aromatic carbocycles. The SMILES string of the molecule is CCOc1ccc(NC(=O)CNS(=O)(=O)c2ccc(N3CCCC3=O)cc2)cc1. The van der Waals surface area contributed by atoms with Gasteiger partial charge in [-0.2, -0.15) is 0 Å². The molecular weight excluding hydrogens is 394 g/mol. The molecule has 154 valence electrons. The van der Waals surface area contributed by atoms with Crippen LogP contribution < -0.4 is 19.7 Å². The van der Waals surface area contributed by atoms with Crippen molar-refractivity contribution in [1.29, 1.82) is 0 Å². The van der Waals surface area contributed by atoms with E-state index in [4.69, 9.17) is 4.74 Å². The Morgan fingerprint density at radius 3 is 2.38 bits per heavy atom. The predicted molar refractivity (Wildman–Crippen MR) is 109 cm³/mol. The number of carbonyl (C=O) groups excluding carboxylic acids is 2. The molecule has 1 aliphatic rings. The number of benzene rings is 2. The molecule has 0 spiro atoms. The van der Waals surface area contributed by atoms with Crippen LogP contribution >= 0.6 is 0 Å². The Morgan fingerprint density at radius 2 is 1.79 bits per heavy atom.